The van der Waals surface area contributed by atoms with Crippen LogP contribution in [0.15, 0.2) is 16.3 Å². The maximum absolute atomic E-state index is 12.5. The quantitative estimate of drug-likeness (QED) is 0.886. The molecule has 1 aliphatic heterocycles. The zero-order chi connectivity index (χ0) is 15.6. The molecule has 0 bridgehead atoms. The van der Waals surface area contributed by atoms with Gasteiger partial charge in [0, 0.05) is 13.1 Å². The molecule has 21 heavy (non-hydrogen) atoms. The first-order valence-electron chi connectivity index (χ1n) is 6.88. The zero-order valence-electron chi connectivity index (χ0n) is 12.0. The van der Waals surface area contributed by atoms with Crippen LogP contribution in [0.3, 0.4) is 0 Å². The van der Waals surface area contributed by atoms with Gasteiger partial charge in [0.05, 0.1) is 4.34 Å². The minimum absolute atomic E-state index is 0.122. The molecule has 1 fully saturated rings. The molecule has 0 saturated carbocycles. The summed E-state index contributed by atoms with van der Waals surface area (Å²) in [6.07, 6.45) is 1.95. The Morgan fingerprint density at radius 1 is 1.33 bits per heavy atom. The summed E-state index contributed by atoms with van der Waals surface area (Å²) in [6.45, 7) is 5.08. The van der Waals surface area contributed by atoms with Gasteiger partial charge in [0.2, 0.25) is 5.91 Å². The predicted molar refractivity (Wildman–Crippen MR) is 84.1 cm³/mol. The van der Waals surface area contributed by atoms with Crippen LogP contribution in [0.2, 0.25) is 4.34 Å². The Balaban J connectivity index is 2.17. The molecule has 0 aromatic carbocycles. The van der Waals surface area contributed by atoms with Crippen molar-refractivity contribution < 1.29 is 13.2 Å². The largest absolute Gasteiger partial charge is 0.341 e. The van der Waals surface area contributed by atoms with Crippen molar-refractivity contribution in [1.82, 2.24) is 9.62 Å². The van der Waals surface area contributed by atoms with Crippen LogP contribution in [0, 0.1) is 5.92 Å². The van der Waals surface area contributed by atoms with E-state index in [0.717, 1.165) is 24.2 Å². The van der Waals surface area contributed by atoms with Gasteiger partial charge in [-0.15, -0.1) is 11.3 Å². The minimum atomic E-state index is -3.72. The van der Waals surface area contributed by atoms with E-state index < -0.39 is 16.1 Å². The number of likely N-dealkylation sites (tertiary alicyclic amines) is 1. The van der Waals surface area contributed by atoms with E-state index in [2.05, 4.69) is 4.72 Å². The number of amides is 1. The van der Waals surface area contributed by atoms with Gasteiger partial charge in [0.25, 0.3) is 10.0 Å². The second-order valence-electron chi connectivity index (χ2n) is 5.43. The second kappa shape index (κ2) is 6.64. The van der Waals surface area contributed by atoms with Gasteiger partial charge >= 0.3 is 0 Å². The second-order valence-corrected chi connectivity index (χ2v) is 9.09. The number of carbonyl (C=O) groups is 1. The van der Waals surface area contributed by atoms with Gasteiger partial charge in [-0.2, -0.15) is 4.72 Å². The lowest BCUT2D eigenvalue weighted by Crippen LogP contribution is -2.50. The van der Waals surface area contributed by atoms with Crippen molar-refractivity contribution in [3.63, 3.8) is 0 Å². The molecule has 8 heteroatoms. The molecule has 5 nitrogen and oxygen atoms in total. The van der Waals surface area contributed by atoms with Crippen molar-refractivity contribution in [2.45, 2.75) is 36.9 Å². The number of thiophene rings is 1. The Kier molecular flexibility index (Phi) is 5.29. The molecular formula is C13H19ClN2O3S2. The fraction of sp³-hybridized carbons (Fsp3) is 0.615. The van der Waals surface area contributed by atoms with Crippen molar-refractivity contribution in [3.8, 4) is 0 Å². The third-order valence-corrected chi connectivity index (χ3v) is 6.61. The molecule has 0 aliphatic carbocycles. The predicted octanol–water partition coefficient (Wildman–Crippen LogP) is 2.33. The van der Waals surface area contributed by atoms with E-state index in [1.807, 2.05) is 13.8 Å². The Morgan fingerprint density at radius 3 is 2.43 bits per heavy atom. The van der Waals surface area contributed by atoms with E-state index >= 15 is 0 Å². The lowest BCUT2D eigenvalue weighted by Gasteiger charge is -2.26. The van der Waals surface area contributed by atoms with Crippen molar-refractivity contribution in [1.29, 1.82) is 0 Å². The zero-order valence-corrected chi connectivity index (χ0v) is 14.4. The van der Waals surface area contributed by atoms with Gasteiger partial charge < -0.3 is 4.90 Å². The normalized spacial score (nSPS) is 17.4. The molecule has 2 heterocycles. The first-order chi connectivity index (χ1) is 9.81. The summed E-state index contributed by atoms with van der Waals surface area (Å²) in [5.41, 5.74) is 0. The molecule has 1 aliphatic rings. The highest BCUT2D eigenvalue weighted by Gasteiger charge is 2.33. The Morgan fingerprint density at radius 2 is 1.95 bits per heavy atom. The van der Waals surface area contributed by atoms with Crippen LogP contribution < -0.4 is 4.72 Å². The summed E-state index contributed by atoms with van der Waals surface area (Å²) in [6, 6.07) is 2.24. The lowest BCUT2D eigenvalue weighted by molar-refractivity contribution is -0.132. The summed E-state index contributed by atoms with van der Waals surface area (Å²) in [7, 11) is -3.72. The van der Waals surface area contributed by atoms with Crippen LogP contribution in [-0.2, 0) is 14.8 Å². The molecule has 1 aromatic heterocycles. The summed E-state index contributed by atoms with van der Waals surface area (Å²) in [5.74, 6) is -0.267. The fourth-order valence-corrected chi connectivity index (χ4v) is 5.11. The number of carbonyl (C=O) groups excluding carboxylic acids is 1. The number of nitrogens with one attached hydrogen (secondary N) is 1. The van der Waals surface area contributed by atoms with E-state index in [4.69, 9.17) is 11.6 Å². The van der Waals surface area contributed by atoms with Gasteiger partial charge in [0.1, 0.15) is 10.3 Å². The van der Waals surface area contributed by atoms with E-state index in [-0.39, 0.29) is 16.0 Å². The summed E-state index contributed by atoms with van der Waals surface area (Å²) in [4.78, 5) is 14.2. The molecule has 0 radical (unpaired) electrons. The van der Waals surface area contributed by atoms with E-state index in [0.29, 0.717) is 17.4 Å². The number of hydrogen-bond donors (Lipinski definition) is 1. The summed E-state index contributed by atoms with van der Waals surface area (Å²) < 4.78 is 27.8. The molecule has 1 N–H and O–H groups in total. The average molecular weight is 351 g/mol. The molecule has 118 valence electrons. The van der Waals surface area contributed by atoms with Gasteiger partial charge in [-0.05, 0) is 30.9 Å². The Bertz CT molecular complexity index is 607. The van der Waals surface area contributed by atoms with E-state index in [1.165, 1.54) is 12.1 Å². The summed E-state index contributed by atoms with van der Waals surface area (Å²) in [5, 5.41) is 0. The van der Waals surface area contributed by atoms with Gasteiger partial charge in [-0.1, -0.05) is 25.4 Å². The van der Waals surface area contributed by atoms with Crippen molar-refractivity contribution in [2.75, 3.05) is 13.1 Å². The van der Waals surface area contributed by atoms with E-state index in [9.17, 15) is 13.2 Å². The average Bonchev–Trinajstić information content (AvgIpc) is 3.05. The van der Waals surface area contributed by atoms with Crippen LogP contribution in [0.5, 0.6) is 0 Å². The van der Waals surface area contributed by atoms with Gasteiger partial charge in [0.15, 0.2) is 0 Å². The first kappa shape index (κ1) is 16.7. The number of rotatable bonds is 5. The molecule has 1 atom stereocenters. The number of nitrogens with zero attached hydrogens (tertiary/aromatic N) is 1. The Labute approximate surface area is 134 Å². The Hall–Kier alpha value is -0.630. The van der Waals surface area contributed by atoms with Gasteiger partial charge in [-0.3, -0.25) is 4.79 Å². The van der Waals surface area contributed by atoms with Crippen molar-refractivity contribution in [2.24, 2.45) is 5.92 Å². The molecule has 1 amide bonds. The highest BCUT2D eigenvalue weighted by Crippen LogP contribution is 2.26. The van der Waals surface area contributed by atoms with Gasteiger partial charge in [-0.25, -0.2) is 8.42 Å². The number of halogens is 1. The lowest BCUT2D eigenvalue weighted by atomic mass is 10.0. The SMILES string of the molecule is CC(C)[C@@H](NS(=O)(=O)c1ccc(Cl)s1)C(=O)N1CCCC1. The fourth-order valence-electron chi connectivity index (χ4n) is 2.27. The molecule has 2 rings (SSSR count). The van der Waals surface area contributed by atoms with E-state index in [1.54, 1.807) is 4.90 Å². The minimum Gasteiger partial charge on any atom is -0.341 e. The monoisotopic (exact) mass is 350 g/mol. The maximum atomic E-state index is 12.5. The third-order valence-electron chi connectivity index (χ3n) is 3.45. The standard InChI is InChI=1S/C13H19ClN2O3S2/c1-9(2)12(13(17)16-7-3-4-8-16)15-21(18,19)11-6-5-10(14)20-11/h5-6,9,12,15H,3-4,7-8H2,1-2H3/t12-/m1/s1. The maximum Gasteiger partial charge on any atom is 0.250 e. The highest BCUT2D eigenvalue weighted by molar-refractivity contribution is 7.91. The van der Waals surface area contributed by atoms with Crippen molar-refractivity contribution >= 4 is 38.9 Å². The number of sulfonamides is 1. The third kappa shape index (κ3) is 3.97. The van der Waals surface area contributed by atoms with Crippen LogP contribution in [-0.4, -0.2) is 38.4 Å². The van der Waals surface area contributed by atoms with Crippen LogP contribution >= 0.6 is 22.9 Å². The topological polar surface area (TPSA) is 66.5 Å². The molecule has 0 spiro atoms. The molecule has 1 saturated heterocycles. The van der Waals surface area contributed by atoms with Crippen LogP contribution in [0.4, 0.5) is 0 Å². The molecule has 0 unspecified atom stereocenters. The van der Waals surface area contributed by atoms with Crippen molar-refractivity contribution in [3.05, 3.63) is 16.5 Å². The van der Waals surface area contributed by atoms with Crippen LogP contribution in [0.25, 0.3) is 0 Å². The smallest absolute Gasteiger partial charge is 0.250 e. The first-order valence-corrected chi connectivity index (χ1v) is 9.55. The highest BCUT2D eigenvalue weighted by atomic mass is 35.5. The molecular weight excluding hydrogens is 332 g/mol. The summed E-state index contributed by atoms with van der Waals surface area (Å²) >= 11 is 6.77. The molecule has 1 aromatic rings. The van der Waals surface area contributed by atoms with Crippen LogP contribution in [0.1, 0.15) is 26.7 Å². The number of hydrogen-bond acceptors (Lipinski definition) is 4.